The lowest BCUT2D eigenvalue weighted by Gasteiger charge is -2.26. The van der Waals surface area contributed by atoms with Gasteiger partial charge in [0.05, 0.1) is 0 Å². The lowest BCUT2D eigenvalue weighted by atomic mass is 10.3. The summed E-state index contributed by atoms with van der Waals surface area (Å²) in [5.74, 6) is 0. The summed E-state index contributed by atoms with van der Waals surface area (Å²) in [4.78, 5) is 12.3. The third-order valence-electron chi connectivity index (χ3n) is 3.07. The predicted molar refractivity (Wildman–Crippen MR) is 73.5 cm³/mol. The number of hydrogen-bond acceptors (Lipinski definition) is 5. The molecule has 4 nitrogen and oxygen atoms in total. The Balaban J connectivity index is 1.69. The summed E-state index contributed by atoms with van der Waals surface area (Å²) in [7, 11) is 0. The lowest BCUT2D eigenvalue weighted by Crippen LogP contribution is -2.42. The molecule has 0 spiro atoms. The van der Waals surface area contributed by atoms with Crippen LogP contribution < -0.4 is 5.32 Å². The summed E-state index contributed by atoms with van der Waals surface area (Å²) in [6.07, 6.45) is 5.63. The Morgan fingerprint density at radius 3 is 2.78 bits per heavy atom. The molecule has 1 aliphatic rings. The molecule has 94 valence electrons. The highest BCUT2D eigenvalue weighted by Crippen LogP contribution is 2.25. The van der Waals surface area contributed by atoms with Crippen molar-refractivity contribution < 1.29 is 0 Å². The van der Waals surface area contributed by atoms with Crippen molar-refractivity contribution in [2.24, 2.45) is 0 Å². The largest absolute Gasteiger partial charge is 0.314 e. The van der Waals surface area contributed by atoms with Crippen LogP contribution in [0.2, 0.25) is 0 Å². The number of hydrogen-bond donors (Lipinski definition) is 1. The molecular formula is C13H16N4S. The minimum Gasteiger partial charge on any atom is -0.314 e. The molecule has 5 heteroatoms. The second-order valence-corrected chi connectivity index (χ2v) is 5.51. The zero-order valence-corrected chi connectivity index (χ0v) is 11.0. The van der Waals surface area contributed by atoms with Gasteiger partial charge in [-0.3, -0.25) is 9.88 Å². The van der Waals surface area contributed by atoms with E-state index in [4.69, 9.17) is 0 Å². The average Bonchev–Trinajstić information content (AvgIpc) is 2.89. The fourth-order valence-electron chi connectivity index (χ4n) is 2.10. The number of nitrogens with one attached hydrogen (secondary N) is 1. The minimum atomic E-state index is 1.02. The van der Waals surface area contributed by atoms with Crippen LogP contribution in [0.4, 0.5) is 0 Å². The highest BCUT2D eigenvalue weighted by molar-refractivity contribution is 7.15. The van der Waals surface area contributed by atoms with Crippen LogP contribution in [0.5, 0.6) is 0 Å². The normalized spacial score (nSPS) is 16.9. The Labute approximate surface area is 111 Å². The number of aromatic nitrogens is 2. The molecule has 0 saturated carbocycles. The summed E-state index contributed by atoms with van der Waals surface area (Å²) in [5.41, 5.74) is 1.15. The summed E-state index contributed by atoms with van der Waals surface area (Å²) < 4.78 is 0. The smallest absolute Gasteiger partial charge is 0.123 e. The van der Waals surface area contributed by atoms with E-state index >= 15 is 0 Å². The second-order valence-electron chi connectivity index (χ2n) is 4.39. The highest BCUT2D eigenvalue weighted by Gasteiger charge is 2.12. The van der Waals surface area contributed by atoms with E-state index in [0.29, 0.717) is 0 Å². The van der Waals surface area contributed by atoms with E-state index in [-0.39, 0.29) is 0 Å². The van der Waals surface area contributed by atoms with Crippen LogP contribution in [0.25, 0.3) is 10.6 Å². The van der Waals surface area contributed by atoms with Crippen LogP contribution in [-0.4, -0.2) is 41.0 Å². The van der Waals surface area contributed by atoms with Gasteiger partial charge >= 0.3 is 0 Å². The van der Waals surface area contributed by atoms with E-state index in [0.717, 1.165) is 43.3 Å². The maximum absolute atomic E-state index is 4.50. The number of nitrogens with zero attached hydrogens (tertiary/aromatic N) is 3. The Morgan fingerprint density at radius 1 is 1.22 bits per heavy atom. The molecule has 3 heterocycles. The fourth-order valence-corrected chi connectivity index (χ4v) is 3.06. The van der Waals surface area contributed by atoms with E-state index in [2.05, 4.69) is 20.2 Å². The van der Waals surface area contributed by atoms with Crippen LogP contribution in [0.15, 0.2) is 30.7 Å². The standard InChI is InChI=1S/C13H16N4S/c1-3-14-4-2-11(1)13-16-9-12(18-13)10-17-7-5-15-6-8-17/h1-4,9,15H,5-8,10H2. The molecule has 1 saturated heterocycles. The summed E-state index contributed by atoms with van der Waals surface area (Å²) in [5, 5.41) is 4.46. The third kappa shape index (κ3) is 2.75. The third-order valence-corrected chi connectivity index (χ3v) is 4.10. The van der Waals surface area contributed by atoms with Crippen LogP contribution in [0, 0.1) is 0 Å². The molecule has 1 N–H and O–H groups in total. The summed E-state index contributed by atoms with van der Waals surface area (Å²) in [6, 6.07) is 4.01. The Morgan fingerprint density at radius 2 is 2.00 bits per heavy atom. The van der Waals surface area contributed by atoms with Gasteiger partial charge in [0.25, 0.3) is 0 Å². The fraction of sp³-hybridized carbons (Fsp3) is 0.385. The van der Waals surface area contributed by atoms with Gasteiger partial charge in [0.1, 0.15) is 5.01 Å². The van der Waals surface area contributed by atoms with Gasteiger partial charge in [-0.25, -0.2) is 4.98 Å². The zero-order chi connectivity index (χ0) is 12.2. The molecule has 0 radical (unpaired) electrons. The first-order valence-electron chi connectivity index (χ1n) is 6.20. The number of piperazine rings is 1. The van der Waals surface area contributed by atoms with Crippen LogP contribution in [0.3, 0.4) is 0 Å². The molecular weight excluding hydrogens is 244 g/mol. The first-order chi connectivity index (χ1) is 8.92. The molecule has 0 aliphatic carbocycles. The van der Waals surface area contributed by atoms with Gasteiger partial charge in [-0.05, 0) is 12.1 Å². The first-order valence-corrected chi connectivity index (χ1v) is 7.01. The van der Waals surface area contributed by atoms with Crippen molar-refractivity contribution in [3.63, 3.8) is 0 Å². The number of thiazole rings is 1. The molecule has 2 aromatic heterocycles. The molecule has 3 rings (SSSR count). The highest BCUT2D eigenvalue weighted by atomic mass is 32.1. The average molecular weight is 260 g/mol. The van der Waals surface area contributed by atoms with Crippen molar-refractivity contribution in [3.05, 3.63) is 35.6 Å². The maximum atomic E-state index is 4.50. The van der Waals surface area contributed by atoms with Gasteiger partial charge in [0.15, 0.2) is 0 Å². The first kappa shape index (κ1) is 11.8. The summed E-state index contributed by atoms with van der Waals surface area (Å²) in [6.45, 7) is 5.46. The Bertz CT molecular complexity index is 491. The zero-order valence-electron chi connectivity index (χ0n) is 10.2. The molecule has 0 bridgehead atoms. The predicted octanol–water partition coefficient (Wildman–Crippen LogP) is 1.61. The van der Waals surface area contributed by atoms with Crippen molar-refractivity contribution in [2.45, 2.75) is 6.54 Å². The van der Waals surface area contributed by atoms with E-state index in [9.17, 15) is 0 Å². The van der Waals surface area contributed by atoms with Crippen LogP contribution >= 0.6 is 11.3 Å². The SMILES string of the molecule is c1cc(-c2ncc(CN3CCNCC3)s2)ccn1. The van der Waals surface area contributed by atoms with Crippen molar-refractivity contribution in [2.75, 3.05) is 26.2 Å². The van der Waals surface area contributed by atoms with Gasteiger partial charge in [0, 0.05) is 61.8 Å². The molecule has 1 aliphatic heterocycles. The van der Waals surface area contributed by atoms with E-state index in [1.54, 1.807) is 11.3 Å². The van der Waals surface area contributed by atoms with Gasteiger partial charge < -0.3 is 5.32 Å². The maximum Gasteiger partial charge on any atom is 0.123 e. The summed E-state index contributed by atoms with van der Waals surface area (Å²) >= 11 is 1.78. The van der Waals surface area contributed by atoms with Crippen LogP contribution in [0.1, 0.15) is 4.88 Å². The lowest BCUT2D eigenvalue weighted by molar-refractivity contribution is 0.235. The molecule has 1 fully saturated rings. The monoisotopic (exact) mass is 260 g/mol. The molecule has 2 aromatic rings. The molecule has 0 amide bonds. The van der Waals surface area contributed by atoms with E-state index in [1.165, 1.54) is 4.88 Å². The molecule has 0 aromatic carbocycles. The molecule has 18 heavy (non-hydrogen) atoms. The van der Waals surface area contributed by atoms with Crippen LogP contribution in [-0.2, 0) is 6.54 Å². The quantitative estimate of drug-likeness (QED) is 0.910. The van der Waals surface area contributed by atoms with Crippen molar-refractivity contribution in [1.29, 1.82) is 0 Å². The Hall–Kier alpha value is -1.30. The minimum absolute atomic E-state index is 1.02. The van der Waals surface area contributed by atoms with E-state index < -0.39 is 0 Å². The van der Waals surface area contributed by atoms with E-state index in [1.807, 2.05) is 30.7 Å². The van der Waals surface area contributed by atoms with Crippen molar-refractivity contribution in [1.82, 2.24) is 20.2 Å². The van der Waals surface area contributed by atoms with Gasteiger partial charge in [-0.15, -0.1) is 11.3 Å². The van der Waals surface area contributed by atoms with Gasteiger partial charge in [0.2, 0.25) is 0 Å². The topological polar surface area (TPSA) is 41.1 Å². The number of pyridine rings is 1. The van der Waals surface area contributed by atoms with Crippen molar-refractivity contribution >= 4 is 11.3 Å². The number of rotatable bonds is 3. The second kappa shape index (κ2) is 5.56. The molecule has 0 atom stereocenters. The van der Waals surface area contributed by atoms with Gasteiger partial charge in [-0.1, -0.05) is 0 Å². The Kier molecular flexibility index (Phi) is 3.64. The van der Waals surface area contributed by atoms with Gasteiger partial charge in [-0.2, -0.15) is 0 Å². The van der Waals surface area contributed by atoms with Crippen molar-refractivity contribution in [3.8, 4) is 10.6 Å². The molecule has 0 unspecified atom stereocenters.